The molecule has 7 heteroatoms. The number of esters is 1. The van der Waals surface area contributed by atoms with Crippen LogP contribution in [-0.2, 0) is 14.3 Å². The number of aliphatic carboxylic acids is 1. The summed E-state index contributed by atoms with van der Waals surface area (Å²) in [6, 6.07) is -1.67. The van der Waals surface area contributed by atoms with E-state index in [9.17, 15) is 9.59 Å². The number of hydrogen-bond donors (Lipinski definition) is 4. The van der Waals surface area contributed by atoms with E-state index in [0.29, 0.717) is 19.3 Å². The minimum atomic E-state index is -1.07. The Labute approximate surface area is 99.7 Å². The fourth-order valence-electron chi connectivity index (χ4n) is 1.14. The van der Waals surface area contributed by atoms with E-state index in [0.717, 1.165) is 0 Å². The van der Waals surface area contributed by atoms with Crippen LogP contribution in [0.1, 0.15) is 25.7 Å². The molecule has 0 fully saturated rings. The lowest BCUT2D eigenvalue weighted by atomic mass is 10.1. The molecule has 0 aromatic carbocycles. The normalized spacial score (nSPS) is 14.1. The van der Waals surface area contributed by atoms with Gasteiger partial charge in [0, 0.05) is 6.61 Å². The molecule has 0 aromatic rings. The summed E-state index contributed by atoms with van der Waals surface area (Å²) in [7, 11) is 0. The van der Waals surface area contributed by atoms with Gasteiger partial charge in [0.25, 0.3) is 0 Å². The maximum atomic E-state index is 11.3. The van der Waals surface area contributed by atoms with Crippen LogP contribution in [0.5, 0.6) is 0 Å². The first-order chi connectivity index (χ1) is 7.99. The average molecular weight is 248 g/mol. The van der Waals surface area contributed by atoms with Crippen LogP contribution in [0.4, 0.5) is 0 Å². The Morgan fingerprint density at radius 3 is 2.24 bits per heavy atom. The number of carboxylic acids is 1. The van der Waals surface area contributed by atoms with Crippen molar-refractivity contribution < 1.29 is 24.5 Å². The molecular weight excluding hydrogens is 228 g/mol. The minimum Gasteiger partial charge on any atom is -0.480 e. The third-order valence-electron chi connectivity index (χ3n) is 2.20. The molecule has 0 spiro atoms. The Balaban J connectivity index is 3.60. The van der Waals surface area contributed by atoms with Crippen molar-refractivity contribution in [3.8, 4) is 0 Å². The summed E-state index contributed by atoms with van der Waals surface area (Å²) < 4.78 is 4.84. The smallest absolute Gasteiger partial charge is 0.322 e. The molecule has 0 aliphatic rings. The number of aliphatic hydroxyl groups excluding tert-OH is 1. The molecule has 6 N–H and O–H groups in total. The summed E-state index contributed by atoms with van der Waals surface area (Å²) in [6.07, 6.45) is 1.44. The van der Waals surface area contributed by atoms with E-state index in [1.165, 1.54) is 0 Å². The average Bonchev–Trinajstić information content (AvgIpc) is 2.30. The number of aliphatic hydroxyl groups is 1. The zero-order valence-corrected chi connectivity index (χ0v) is 9.67. The van der Waals surface area contributed by atoms with Crippen LogP contribution in [0, 0.1) is 0 Å². The number of carbonyl (C=O) groups is 2. The van der Waals surface area contributed by atoms with Crippen LogP contribution in [0.25, 0.3) is 0 Å². The van der Waals surface area contributed by atoms with Gasteiger partial charge in [0.05, 0.1) is 6.61 Å². The van der Waals surface area contributed by atoms with Crippen LogP contribution < -0.4 is 11.5 Å². The van der Waals surface area contributed by atoms with Crippen LogP contribution in [0.2, 0.25) is 0 Å². The van der Waals surface area contributed by atoms with E-state index in [1.807, 2.05) is 0 Å². The highest BCUT2D eigenvalue weighted by molar-refractivity contribution is 5.75. The molecule has 0 aliphatic carbocycles. The second kappa shape index (κ2) is 8.91. The predicted octanol–water partition coefficient (Wildman–Crippen LogP) is -1.18. The molecule has 0 rings (SSSR count). The lowest BCUT2D eigenvalue weighted by Gasteiger charge is -2.11. The first kappa shape index (κ1) is 15.8. The van der Waals surface area contributed by atoms with E-state index in [2.05, 4.69) is 0 Å². The number of carbonyl (C=O) groups excluding carboxylic acids is 1. The van der Waals surface area contributed by atoms with Gasteiger partial charge in [-0.2, -0.15) is 0 Å². The minimum absolute atomic E-state index is 0.0194. The molecule has 100 valence electrons. The van der Waals surface area contributed by atoms with Gasteiger partial charge in [-0.25, -0.2) is 0 Å². The molecule has 17 heavy (non-hydrogen) atoms. The van der Waals surface area contributed by atoms with Crippen molar-refractivity contribution in [3.05, 3.63) is 0 Å². The summed E-state index contributed by atoms with van der Waals surface area (Å²) in [5, 5.41) is 17.0. The Bertz CT molecular complexity index is 247. The Morgan fingerprint density at radius 1 is 1.12 bits per heavy atom. The highest BCUT2D eigenvalue weighted by Gasteiger charge is 2.15. The van der Waals surface area contributed by atoms with Gasteiger partial charge in [-0.1, -0.05) is 0 Å². The van der Waals surface area contributed by atoms with E-state index in [1.54, 1.807) is 0 Å². The fourth-order valence-corrected chi connectivity index (χ4v) is 1.14. The van der Waals surface area contributed by atoms with Crippen molar-refractivity contribution >= 4 is 11.9 Å². The van der Waals surface area contributed by atoms with Gasteiger partial charge in [-0.3, -0.25) is 9.59 Å². The van der Waals surface area contributed by atoms with Crippen molar-refractivity contribution in [3.63, 3.8) is 0 Å². The number of rotatable bonds is 9. The first-order valence-electron chi connectivity index (χ1n) is 5.50. The lowest BCUT2D eigenvalue weighted by molar-refractivity contribution is -0.145. The third-order valence-corrected chi connectivity index (χ3v) is 2.20. The van der Waals surface area contributed by atoms with Crippen molar-refractivity contribution in [2.45, 2.75) is 37.8 Å². The molecule has 7 nitrogen and oxygen atoms in total. The molecule has 0 aromatic heterocycles. The fraction of sp³-hybridized carbons (Fsp3) is 0.800. The third kappa shape index (κ3) is 7.67. The highest BCUT2D eigenvalue weighted by Crippen LogP contribution is 1.99. The number of hydrogen-bond acceptors (Lipinski definition) is 6. The van der Waals surface area contributed by atoms with Gasteiger partial charge in [0.2, 0.25) is 0 Å². The Hall–Kier alpha value is -1.18. The van der Waals surface area contributed by atoms with Crippen molar-refractivity contribution in [1.82, 2.24) is 0 Å². The van der Waals surface area contributed by atoms with E-state index in [4.69, 9.17) is 26.4 Å². The standard InChI is InChI=1S/C10H20N2O5/c11-7(9(14)15)4-2-6-17-10(16)8(12)3-1-5-13/h7-8,13H,1-6,11-12H2,(H,14,15). The number of nitrogens with two attached hydrogens (primary N) is 2. The topological polar surface area (TPSA) is 136 Å². The molecule has 0 saturated heterocycles. The van der Waals surface area contributed by atoms with E-state index in [-0.39, 0.29) is 19.6 Å². The van der Waals surface area contributed by atoms with Crippen LogP contribution in [-0.4, -0.2) is 47.4 Å². The van der Waals surface area contributed by atoms with Crippen molar-refractivity contribution in [2.24, 2.45) is 11.5 Å². The zero-order valence-electron chi connectivity index (χ0n) is 9.67. The van der Waals surface area contributed by atoms with Gasteiger partial charge < -0.3 is 26.4 Å². The predicted molar refractivity (Wildman–Crippen MR) is 60.1 cm³/mol. The maximum Gasteiger partial charge on any atom is 0.322 e. The van der Waals surface area contributed by atoms with E-state index < -0.39 is 24.0 Å². The Morgan fingerprint density at radius 2 is 1.71 bits per heavy atom. The molecule has 2 atom stereocenters. The zero-order chi connectivity index (χ0) is 13.3. The summed E-state index contributed by atoms with van der Waals surface area (Å²) in [5.74, 6) is -1.61. The molecule has 0 heterocycles. The highest BCUT2D eigenvalue weighted by atomic mass is 16.5. The maximum absolute atomic E-state index is 11.3. The quantitative estimate of drug-likeness (QED) is 0.298. The summed E-state index contributed by atoms with van der Waals surface area (Å²) in [6.45, 7) is 0.0844. The van der Waals surface area contributed by atoms with Crippen LogP contribution >= 0.6 is 0 Å². The van der Waals surface area contributed by atoms with Gasteiger partial charge in [0.15, 0.2) is 0 Å². The second-order valence-electron chi connectivity index (χ2n) is 3.73. The second-order valence-corrected chi connectivity index (χ2v) is 3.73. The number of ether oxygens (including phenoxy) is 1. The summed E-state index contributed by atoms with van der Waals surface area (Å²) >= 11 is 0. The molecule has 0 saturated carbocycles. The largest absolute Gasteiger partial charge is 0.480 e. The number of carboxylic acid groups (broad SMARTS) is 1. The van der Waals surface area contributed by atoms with Gasteiger partial charge in [-0.15, -0.1) is 0 Å². The van der Waals surface area contributed by atoms with Crippen molar-refractivity contribution in [2.75, 3.05) is 13.2 Å². The van der Waals surface area contributed by atoms with Crippen LogP contribution in [0.15, 0.2) is 0 Å². The van der Waals surface area contributed by atoms with E-state index >= 15 is 0 Å². The molecule has 0 amide bonds. The lowest BCUT2D eigenvalue weighted by Crippen LogP contribution is -2.33. The molecular formula is C10H20N2O5. The van der Waals surface area contributed by atoms with Crippen molar-refractivity contribution in [1.29, 1.82) is 0 Å². The summed E-state index contributed by atoms with van der Waals surface area (Å²) in [5.41, 5.74) is 10.8. The SMILES string of the molecule is NC(CCCOC(=O)C(N)CCCO)C(=O)O. The first-order valence-corrected chi connectivity index (χ1v) is 5.50. The van der Waals surface area contributed by atoms with Gasteiger partial charge >= 0.3 is 11.9 Å². The molecule has 2 unspecified atom stereocenters. The Kier molecular flexibility index (Phi) is 8.29. The van der Waals surface area contributed by atoms with Crippen LogP contribution in [0.3, 0.4) is 0 Å². The van der Waals surface area contributed by atoms with Gasteiger partial charge in [0.1, 0.15) is 12.1 Å². The molecule has 0 aliphatic heterocycles. The van der Waals surface area contributed by atoms with Gasteiger partial charge in [-0.05, 0) is 25.7 Å². The monoisotopic (exact) mass is 248 g/mol. The molecule has 0 bridgehead atoms. The summed E-state index contributed by atoms with van der Waals surface area (Å²) in [4.78, 5) is 21.6. The molecule has 0 radical (unpaired) electrons.